The fourth-order valence-electron chi connectivity index (χ4n) is 5.30. The average molecular weight is 609 g/mol. The third-order valence-electron chi connectivity index (χ3n) is 7.76. The maximum absolute atomic E-state index is 12.8. The first-order valence-electron chi connectivity index (χ1n) is 13.4. The lowest BCUT2D eigenvalue weighted by Crippen LogP contribution is -2.60. The summed E-state index contributed by atoms with van der Waals surface area (Å²) in [5, 5.41) is 101. The standard InChI is InChI=1S/C28H32O15/c29-8-17-21(34)24(37)26(39)28(43-17)40-9-11-5-16(20(33)23(36)19(11)32)41-13-6-14(31)18-15(7-13)42-27(25(38)22(18)35)10-1-3-12(30)4-2-10/h1-4,6-7,11,16-17,19-21,23-24,26,28-34,36-39H,5,8-9H2/t11-,16-,17-,19-,20+,21-,23+,24+,26-,28-/m1/s1. The van der Waals surface area contributed by atoms with Gasteiger partial charge in [0.1, 0.15) is 70.9 Å². The number of phenols is 2. The van der Waals surface area contributed by atoms with Crippen LogP contribution in [-0.4, -0.2) is 119 Å². The monoisotopic (exact) mass is 608 g/mol. The molecule has 15 nitrogen and oxygen atoms in total. The second-order valence-corrected chi connectivity index (χ2v) is 10.6. The molecule has 234 valence electrons. The molecule has 0 amide bonds. The number of hydrogen-bond donors (Lipinski definition) is 10. The van der Waals surface area contributed by atoms with E-state index in [1.165, 1.54) is 30.3 Å². The largest absolute Gasteiger partial charge is 0.508 e. The Bertz CT molecular complexity index is 1490. The predicted molar refractivity (Wildman–Crippen MR) is 143 cm³/mol. The third-order valence-corrected chi connectivity index (χ3v) is 7.76. The molecule has 2 aromatic carbocycles. The molecule has 1 aromatic heterocycles. The number of aromatic hydroxyl groups is 3. The zero-order chi connectivity index (χ0) is 31.2. The van der Waals surface area contributed by atoms with E-state index in [0.29, 0.717) is 0 Å². The van der Waals surface area contributed by atoms with E-state index in [4.69, 9.17) is 18.6 Å². The highest BCUT2D eigenvalue weighted by atomic mass is 16.7. The van der Waals surface area contributed by atoms with Gasteiger partial charge in [-0.25, -0.2) is 0 Å². The molecule has 0 radical (unpaired) electrons. The predicted octanol–water partition coefficient (Wildman–Crippen LogP) is -1.76. The van der Waals surface area contributed by atoms with Gasteiger partial charge >= 0.3 is 0 Å². The van der Waals surface area contributed by atoms with Crippen LogP contribution in [0.3, 0.4) is 0 Å². The SMILES string of the molecule is O=c1c(O)c(-c2ccc(O)cc2)oc2cc(O[C@@H]3C[C@H](CO[C@@H]4O[C@H](CO)[C@@H](O)[C@H](O)[C@H]4O)[C@@H](O)[C@H](O)[C@H]3O)cc(O)c12. The van der Waals surface area contributed by atoms with Crippen molar-refractivity contribution in [1.82, 2.24) is 0 Å². The average Bonchev–Trinajstić information content (AvgIpc) is 2.98. The summed E-state index contributed by atoms with van der Waals surface area (Å²) in [6.45, 7) is -1.05. The van der Waals surface area contributed by atoms with Crippen LogP contribution < -0.4 is 10.2 Å². The molecule has 2 heterocycles. The van der Waals surface area contributed by atoms with Crippen molar-refractivity contribution in [2.75, 3.05) is 13.2 Å². The van der Waals surface area contributed by atoms with Gasteiger partial charge in [0.15, 0.2) is 12.1 Å². The smallest absolute Gasteiger partial charge is 0.238 e. The molecule has 2 fully saturated rings. The van der Waals surface area contributed by atoms with Crippen molar-refractivity contribution in [3.63, 3.8) is 0 Å². The fraction of sp³-hybridized carbons (Fsp3) is 0.464. The first-order chi connectivity index (χ1) is 20.4. The molecule has 0 bridgehead atoms. The van der Waals surface area contributed by atoms with Crippen molar-refractivity contribution in [2.24, 2.45) is 5.92 Å². The number of aliphatic hydroxyl groups is 7. The lowest BCUT2D eigenvalue weighted by atomic mass is 9.81. The molecule has 10 atom stereocenters. The zero-order valence-corrected chi connectivity index (χ0v) is 22.4. The van der Waals surface area contributed by atoms with Crippen molar-refractivity contribution in [1.29, 1.82) is 0 Å². The van der Waals surface area contributed by atoms with Gasteiger partial charge in [-0.15, -0.1) is 0 Å². The second-order valence-electron chi connectivity index (χ2n) is 10.6. The Labute approximate surface area is 242 Å². The molecule has 10 N–H and O–H groups in total. The molecule has 3 aromatic rings. The fourth-order valence-corrected chi connectivity index (χ4v) is 5.30. The van der Waals surface area contributed by atoms with Gasteiger partial charge < -0.3 is 69.7 Å². The van der Waals surface area contributed by atoms with Gasteiger partial charge in [-0.3, -0.25) is 4.79 Å². The minimum absolute atomic E-state index is 0.0602. The van der Waals surface area contributed by atoms with Crippen LogP contribution in [-0.2, 0) is 9.47 Å². The number of phenolic OH excluding ortho intramolecular Hbond substituents is 2. The normalized spacial score (nSPS) is 33.0. The summed E-state index contributed by atoms with van der Waals surface area (Å²) in [7, 11) is 0. The van der Waals surface area contributed by atoms with E-state index in [2.05, 4.69) is 0 Å². The van der Waals surface area contributed by atoms with E-state index in [1.54, 1.807) is 0 Å². The summed E-state index contributed by atoms with van der Waals surface area (Å²) in [4.78, 5) is 12.8. The second kappa shape index (κ2) is 12.2. The number of fused-ring (bicyclic) bond motifs is 1. The van der Waals surface area contributed by atoms with Gasteiger partial charge in [0, 0.05) is 23.6 Å². The summed E-state index contributed by atoms with van der Waals surface area (Å²) in [5.74, 6) is -2.70. The number of rotatable bonds is 7. The maximum Gasteiger partial charge on any atom is 0.238 e. The van der Waals surface area contributed by atoms with E-state index in [1.807, 2.05) is 0 Å². The molecule has 1 saturated carbocycles. The molecule has 5 rings (SSSR count). The van der Waals surface area contributed by atoms with Gasteiger partial charge in [-0.05, 0) is 30.7 Å². The van der Waals surface area contributed by atoms with Crippen molar-refractivity contribution in [3.05, 3.63) is 46.6 Å². The number of hydrogen-bond acceptors (Lipinski definition) is 15. The van der Waals surface area contributed by atoms with E-state index in [9.17, 15) is 55.9 Å². The Kier molecular flexibility index (Phi) is 8.80. The summed E-state index contributed by atoms with van der Waals surface area (Å²) in [6, 6.07) is 7.70. The number of benzene rings is 2. The van der Waals surface area contributed by atoms with Crippen LogP contribution in [0.5, 0.6) is 23.0 Å². The zero-order valence-electron chi connectivity index (χ0n) is 22.4. The molecule has 1 saturated heterocycles. The lowest BCUT2D eigenvalue weighted by Gasteiger charge is -2.42. The van der Waals surface area contributed by atoms with E-state index in [0.717, 1.165) is 6.07 Å². The Morgan fingerprint density at radius 2 is 1.51 bits per heavy atom. The van der Waals surface area contributed by atoms with Gasteiger partial charge in [0.2, 0.25) is 11.2 Å². The topological polar surface area (TPSA) is 260 Å². The third kappa shape index (κ3) is 5.86. The lowest BCUT2D eigenvalue weighted by molar-refractivity contribution is -0.306. The van der Waals surface area contributed by atoms with Crippen molar-refractivity contribution in [2.45, 2.75) is 61.5 Å². The van der Waals surface area contributed by atoms with Crippen LogP contribution in [0.25, 0.3) is 22.3 Å². The van der Waals surface area contributed by atoms with E-state index >= 15 is 0 Å². The molecular formula is C28H32O15. The highest BCUT2D eigenvalue weighted by molar-refractivity contribution is 5.88. The van der Waals surface area contributed by atoms with E-state index in [-0.39, 0.29) is 46.8 Å². The van der Waals surface area contributed by atoms with Crippen molar-refractivity contribution >= 4 is 11.0 Å². The highest BCUT2D eigenvalue weighted by Gasteiger charge is 2.47. The van der Waals surface area contributed by atoms with Crippen LogP contribution in [0.4, 0.5) is 0 Å². The first kappa shape index (κ1) is 30.9. The Morgan fingerprint density at radius 1 is 0.837 bits per heavy atom. The molecule has 43 heavy (non-hydrogen) atoms. The Hall–Kier alpha value is -3.51. The van der Waals surface area contributed by atoms with Crippen molar-refractivity contribution < 1.29 is 69.7 Å². The molecule has 1 aliphatic heterocycles. The molecule has 0 unspecified atom stereocenters. The molecule has 2 aliphatic rings. The number of aliphatic hydroxyl groups excluding tert-OH is 7. The van der Waals surface area contributed by atoms with Crippen LogP contribution in [0.2, 0.25) is 0 Å². The van der Waals surface area contributed by atoms with Gasteiger partial charge in [-0.1, -0.05) is 0 Å². The van der Waals surface area contributed by atoms with Gasteiger partial charge in [-0.2, -0.15) is 0 Å². The molecular weight excluding hydrogens is 576 g/mol. The van der Waals surface area contributed by atoms with Crippen molar-refractivity contribution in [3.8, 4) is 34.3 Å². The quantitative estimate of drug-likeness (QED) is 0.142. The maximum atomic E-state index is 12.8. The number of ether oxygens (including phenoxy) is 3. The van der Waals surface area contributed by atoms with Crippen LogP contribution in [0.1, 0.15) is 6.42 Å². The summed E-state index contributed by atoms with van der Waals surface area (Å²) < 4.78 is 22.3. The minimum atomic E-state index is -1.72. The summed E-state index contributed by atoms with van der Waals surface area (Å²) >= 11 is 0. The summed E-state index contributed by atoms with van der Waals surface area (Å²) in [5.41, 5.74) is -0.869. The molecule has 15 heteroatoms. The Balaban J connectivity index is 1.37. The van der Waals surface area contributed by atoms with Gasteiger partial charge in [0.05, 0.1) is 19.3 Å². The van der Waals surface area contributed by atoms with Crippen LogP contribution >= 0.6 is 0 Å². The van der Waals surface area contributed by atoms with Crippen LogP contribution in [0, 0.1) is 5.92 Å². The first-order valence-corrected chi connectivity index (χ1v) is 13.4. The van der Waals surface area contributed by atoms with Crippen LogP contribution in [0.15, 0.2) is 45.6 Å². The minimum Gasteiger partial charge on any atom is -0.508 e. The highest BCUT2D eigenvalue weighted by Crippen LogP contribution is 2.37. The van der Waals surface area contributed by atoms with Gasteiger partial charge in [0.25, 0.3) is 0 Å². The van der Waals surface area contributed by atoms with E-state index < -0.39 is 84.6 Å². The molecule has 1 aliphatic carbocycles. The summed E-state index contributed by atoms with van der Waals surface area (Å²) in [6.07, 6.45) is -13.9. The Morgan fingerprint density at radius 3 is 2.19 bits per heavy atom. The molecule has 0 spiro atoms.